The van der Waals surface area contributed by atoms with Crippen molar-refractivity contribution in [3.05, 3.63) is 87.7 Å². The molecule has 0 saturated heterocycles. The van der Waals surface area contributed by atoms with Gasteiger partial charge in [-0.25, -0.2) is 12.8 Å². The average Bonchev–Trinajstić information content (AvgIpc) is 2.72. The summed E-state index contributed by atoms with van der Waals surface area (Å²) >= 11 is 11.9. The lowest BCUT2D eigenvalue weighted by atomic mass is 10.2. The van der Waals surface area contributed by atoms with E-state index in [0.29, 0.717) is 16.9 Å². The van der Waals surface area contributed by atoms with Crippen LogP contribution in [0, 0.1) is 5.82 Å². The fourth-order valence-electron chi connectivity index (χ4n) is 2.92. The lowest BCUT2D eigenvalue weighted by Gasteiger charge is -2.24. The first-order valence-corrected chi connectivity index (χ1v) is 11.0. The Hall–Kier alpha value is -2.32. The molecule has 0 aliphatic carbocycles. The van der Waals surface area contributed by atoms with Gasteiger partial charge in [0.25, 0.3) is 0 Å². The van der Waals surface area contributed by atoms with Gasteiger partial charge in [0.2, 0.25) is 10.0 Å². The second kappa shape index (κ2) is 9.22. The SMILES string of the molecule is COc1ccccc1CN(Cc1ccc(F)cc1)S(=O)(=O)c1cc(Cl)cc(Cl)c1O. The minimum absolute atomic E-state index is 0.0622. The van der Waals surface area contributed by atoms with Crippen LogP contribution in [0.2, 0.25) is 10.0 Å². The highest BCUT2D eigenvalue weighted by atomic mass is 35.5. The average molecular weight is 470 g/mol. The molecule has 3 rings (SSSR count). The molecule has 3 aromatic rings. The van der Waals surface area contributed by atoms with Gasteiger partial charge in [-0.1, -0.05) is 53.5 Å². The highest BCUT2D eigenvalue weighted by Gasteiger charge is 2.30. The standard InChI is InChI=1S/C21H18Cl2FNO4S/c1-29-19-5-3-2-4-15(19)13-25(12-14-6-8-17(24)9-7-14)30(27,28)20-11-16(22)10-18(23)21(20)26/h2-11,26H,12-13H2,1H3. The molecule has 0 fully saturated rings. The van der Waals surface area contributed by atoms with Gasteiger partial charge in [0.15, 0.2) is 5.75 Å². The molecule has 0 radical (unpaired) electrons. The Balaban J connectivity index is 2.09. The topological polar surface area (TPSA) is 66.8 Å². The van der Waals surface area contributed by atoms with E-state index in [9.17, 15) is 17.9 Å². The molecule has 0 unspecified atom stereocenters. The van der Waals surface area contributed by atoms with Crippen LogP contribution < -0.4 is 4.74 Å². The van der Waals surface area contributed by atoms with Crippen molar-refractivity contribution >= 4 is 33.2 Å². The molecule has 0 spiro atoms. The van der Waals surface area contributed by atoms with Gasteiger partial charge in [-0.2, -0.15) is 4.31 Å². The Bertz CT molecular complexity index is 1150. The second-order valence-corrected chi connectivity index (χ2v) is 9.20. The van der Waals surface area contributed by atoms with Crippen LogP contribution in [0.4, 0.5) is 4.39 Å². The van der Waals surface area contributed by atoms with Crippen molar-refractivity contribution in [1.82, 2.24) is 4.31 Å². The van der Waals surface area contributed by atoms with Gasteiger partial charge in [-0.3, -0.25) is 0 Å². The van der Waals surface area contributed by atoms with Crippen LogP contribution in [0.15, 0.2) is 65.6 Å². The molecule has 1 N–H and O–H groups in total. The Labute approximate surface area is 184 Å². The number of hydrogen-bond acceptors (Lipinski definition) is 4. The van der Waals surface area contributed by atoms with E-state index in [1.54, 1.807) is 24.3 Å². The molecule has 0 aliphatic heterocycles. The molecule has 30 heavy (non-hydrogen) atoms. The van der Waals surface area contributed by atoms with Gasteiger partial charge in [-0.05, 0) is 35.9 Å². The predicted octanol–water partition coefficient (Wildman–Crippen LogP) is 5.24. The zero-order valence-corrected chi connectivity index (χ0v) is 18.2. The van der Waals surface area contributed by atoms with Gasteiger partial charge in [0, 0.05) is 23.7 Å². The molecule has 0 atom stereocenters. The molecular weight excluding hydrogens is 452 g/mol. The van der Waals surface area contributed by atoms with E-state index in [-0.39, 0.29) is 23.1 Å². The lowest BCUT2D eigenvalue weighted by molar-refractivity contribution is 0.373. The smallest absolute Gasteiger partial charge is 0.247 e. The summed E-state index contributed by atoms with van der Waals surface area (Å²) in [5.74, 6) is -0.521. The number of benzene rings is 3. The van der Waals surface area contributed by atoms with E-state index in [4.69, 9.17) is 27.9 Å². The van der Waals surface area contributed by atoms with E-state index in [0.717, 1.165) is 10.4 Å². The van der Waals surface area contributed by atoms with Crippen molar-refractivity contribution in [3.8, 4) is 11.5 Å². The number of halogens is 3. The lowest BCUT2D eigenvalue weighted by Crippen LogP contribution is -2.30. The Morgan fingerprint density at radius 2 is 1.70 bits per heavy atom. The van der Waals surface area contributed by atoms with Crippen molar-refractivity contribution < 1.29 is 22.7 Å². The van der Waals surface area contributed by atoms with Crippen molar-refractivity contribution in [1.29, 1.82) is 0 Å². The first kappa shape index (κ1) is 22.4. The van der Waals surface area contributed by atoms with Crippen LogP contribution in [0.1, 0.15) is 11.1 Å². The molecule has 0 amide bonds. The zero-order chi connectivity index (χ0) is 21.9. The predicted molar refractivity (Wildman–Crippen MR) is 114 cm³/mol. The fourth-order valence-corrected chi connectivity index (χ4v) is 5.07. The van der Waals surface area contributed by atoms with E-state index in [1.807, 2.05) is 0 Å². The summed E-state index contributed by atoms with van der Waals surface area (Å²) in [5.41, 5.74) is 1.17. The Morgan fingerprint density at radius 1 is 1.03 bits per heavy atom. The molecule has 0 aromatic heterocycles. The summed E-state index contributed by atoms with van der Waals surface area (Å²) in [6.07, 6.45) is 0. The van der Waals surface area contributed by atoms with Gasteiger partial charge >= 0.3 is 0 Å². The van der Waals surface area contributed by atoms with Crippen LogP contribution >= 0.6 is 23.2 Å². The molecule has 3 aromatic carbocycles. The summed E-state index contributed by atoms with van der Waals surface area (Å²) in [5, 5.41) is 10.2. The molecule has 5 nitrogen and oxygen atoms in total. The van der Waals surface area contributed by atoms with Crippen molar-refractivity contribution in [2.75, 3.05) is 7.11 Å². The van der Waals surface area contributed by atoms with Crippen LogP contribution in [0.5, 0.6) is 11.5 Å². The quantitative estimate of drug-likeness (QED) is 0.513. The number of methoxy groups -OCH3 is 1. The maximum atomic E-state index is 13.5. The first-order valence-electron chi connectivity index (χ1n) is 8.77. The minimum atomic E-state index is -4.24. The number of para-hydroxylation sites is 1. The highest BCUT2D eigenvalue weighted by Crippen LogP contribution is 2.37. The van der Waals surface area contributed by atoms with E-state index in [1.165, 1.54) is 37.4 Å². The van der Waals surface area contributed by atoms with Gasteiger partial charge in [0.05, 0.1) is 12.1 Å². The van der Waals surface area contributed by atoms with Crippen LogP contribution in [0.3, 0.4) is 0 Å². The maximum absolute atomic E-state index is 13.5. The van der Waals surface area contributed by atoms with E-state index in [2.05, 4.69) is 0 Å². The van der Waals surface area contributed by atoms with Crippen molar-refractivity contribution in [2.24, 2.45) is 0 Å². The second-order valence-electron chi connectivity index (χ2n) is 6.45. The molecule has 0 aliphatic rings. The molecular formula is C21H18Cl2FNO4S. The maximum Gasteiger partial charge on any atom is 0.247 e. The third-order valence-corrected chi connectivity index (χ3v) is 6.73. The molecule has 158 valence electrons. The molecule has 0 bridgehead atoms. The fraction of sp³-hybridized carbons (Fsp3) is 0.143. The molecule has 0 saturated carbocycles. The monoisotopic (exact) mass is 469 g/mol. The third kappa shape index (κ3) is 4.87. The van der Waals surface area contributed by atoms with Gasteiger partial charge in [-0.15, -0.1) is 0 Å². The first-order chi connectivity index (χ1) is 14.2. The number of aromatic hydroxyl groups is 1. The number of hydrogen-bond donors (Lipinski definition) is 1. The summed E-state index contributed by atoms with van der Waals surface area (Å²) in [6.45, 7) is -0.141. The zero-order valence-electron chi connectivity index (χ0n) is 15.8. The van der Waals surface area contributed by atoms with Gasteiger partial charge < -0.3 is 9.84 Å². The van der Waals surface area contributed by atoms with Crippen LogP contribution in [-0.4, -0.2) is 24.9 Å². The molecule has 0 heterocycles. The minimum Gasteiger partial charge on any atom is -0.505 e. The molecule has 9 heteroatoms. The van der Waals surface area contributed by atoms with Gasteiger partial charge in [0.1, 0.15) is 16.5 Å². The van der Waals surface area contributed by atoms with Crippen molar-refractivity contribution in [3.63, 3.8) is 0 Å². The summed E-state index contributed by atoms with van der Waals surface area (Å²) in [6, 6.07) is 14.8. The van der Waals surface area contributed by atoms with Crippen LogP contribution in [-0.2, 0) is 23.1 Å². The Kier molecular flexibility index (Phi) is 6.88. The normalized spacial score (nSPS) is 11.6. The highest BCUT2D eigenvalue weighted by molar-refractivity contribution is 7.89. The number of sulfonamides is 1. The summed E-state index contributed by atoms with van der Waals surface area (Å²) in [7, 11) is -2.76. The van der Waals surface area contributed by atoms with Crippen LogP contribution in [0.25, 0.3) is 0 Å². The summed E-state index contributed by atoms with van der Waals surface area (Å²) < 4.78 is 46.7. The number of nitrogens with zero attached hydrogens (tertiary/aromatic N) is 1. The van der Waals surface area contributed by atoms with E-state index >= 15 is 0 Å². The third-order valence-electron chi connectivity index (χ3n) is 4.42. The van der Waals surface area contributed by atoms with E-state index < -0.39 is 26.5 Å². The number of phenolic OH excluding ortho intramolecular Hbond substituents is 1. The largest absolute Gasteiger partial charge is 0.505 e. The number of phenols is 1. The number of rotatable bonds is 7. The van der Waals surface area contributed by atoms with Crippen molar-refractivity contribution in [2.45, 2.75) is 18.0 Å². The summed E-state index contributed by atoms with van der Waals surface area (Å²) in [4.78, 5) is -0.419. The Morgan fingerprint density at radius 3 is 2.37 bits per heavy atom. The number of ether oxygens (including phenoxy) is 1.